The van der Waals surface area contributed by atoms with E-state index in [-0.39, 0.29) is 17.1 Å². The molecule has 1 amide bonds. The molecule has 2 aromatic heterocycles. The van der Waals surface area contributed by atoms with Crippen LogP contribution in [0.4, 0.5) is 0 Å². The van der Waals surface area contributed by atoms with Crippen LogP contribution in [0, 0.1) is 6.92 Å². The molecule has 6 rings (SSSR count). The van der Waals surface area contributed by atoms with Gasteiger partial charge in [0.25, 0.3) is 5.91 Å². The van der Waals surface area contributed by atoms with Gasteiger partial charge in [0.15, 0.2) is 5.69 Å². The molecule has 2 fully saturated rings. The zero-order chi connectivity index (χ0) is 29.5. The lowest BCUT2D eigenvalue weighted by Gasteiger charge is -2.50. The highest BCUT2D eigenvalue weighted by Crippen LogP contribution is 2.48. The van der Waals surface area contributed by atoms with E-state index in [2.05, 4.69) is 50.4 Å². The summed E-state index contributed by atoms with van der Waals surface area (Å²) < 4.78 is 0. The van der Waals surface area contributed by atoms with E-state index in [4.69, 9.17) is 10.8 Å². The van der Waals surface area contributed by atoms with Crippen LogP contribution in [0.2, 0.25) is 0 Å². The van der Waals surface area contributed by atoms with Crippen molar-refractivity contribution in [3.8, 4) is 5.69 Å². The number of piperidine rings is 1. The summed E-state index contributed by atoms with van der Waals surface area (Å²) in [4.78, 5) is 31.2. The third-order valence-electron chi connectivity index (χ3n) is 8.55. The topological polar surface area (TPSA) is 127 Å². The number of nitrogens with zero attached hydrogens (tertiary/aromatic N) is 5. The summed E-state index contributed by atoms with van der Waals surface area (Å²) in [5, 5.41) is 16.7. The van der Waals surface area contributed by atoms with Crippen molar-refractivity contribution in [2.24, 2.45) is 5.73 Å². The Bertz CT molecular complexity index is 1490. The molecule has 4 aromatic rings. The number of rotatable bonds is 6. The van der Waals surface area contributed by atoms with Gasteiger partial charge < -0.3 is 10.8 Å². The van der Waals surface area contributed by atoms with E-state index in [0.717, 1.165) is 37.1 Å². The van der Waals surface area contributed by atoms with Gasteiger partial charge in [-0.15, -0.1) is 5.10 Å². The molecule has 0 bridgehead atoms. The van der Waals surface area contributed by atoms with Crippen LogP contribution in [0.1, 0.15) is 88.7 Å². The maximum Gasteiger partial charge on any atom is 0.358 e. The molecule has 3 heterocycles. The number of carboxylic acid groups (broad SMARTS) is 1. The number of amides is 1. The Kier molecular flexibility index (Phi) is 9.07. The Balaban J connectivity index is 0.000000199. The first-order chi connectivity index (χ1) is 20.4. The number of carboxylic acids is 1. The molecular weight excluding hydrogens is 528 g/mol. The summed E-state index contributed by atoms with van der Waals surface area (Å²) in [6.45, 7) is 4.00. The summed E-state index contributed by atoms with van der Waals surface area (Å²) in [5.74, 6) is -1.11. The van der Waals surface area contributed by atoms with E-state index < -0.39 is 5.97 Å². The van der Waals surface area contributed by atoms with Crippen LogP contribution in [0.5, 0.6) is 0 Å². The molecule has 1 aliphatic carbocycles. The Morgan fingerprint density at radius 3 is 2.12 bits per heavy atom. The molecule has 42 heavy (non-hydrogen) atoms. The number of likely N-dealkylation sites (tertiary alicyclic amines) is 1. The number of aryl methyl sites for hydroxylation is 1. The number of hydrogen-bond acceptors (Lipinski definition) is 6. The van der Waals surface area contributed by atoms with Crippen molar-refractivity contribution < 1.29 is 14.7 Å². The number of benzene rings is 2. The molecule has 3 N–H and O–H groups in total. The SMILES string of the molecule is Cc1nn(-c2ccccc2)nc1C(=O)O.NC(=O)c1cccnc1C1CCC(c2ccccc2)(N2CCCCC2)CC1. The normalized spacial score (nSPS) is 20.7. The number of carbonyl (C=O) groups excluding carboxylic acids is 1. The molecule has 1 saturated heterocycles. The van der Waals surface area contributed by atoms with Gasteiger partial charge in [0.05, 0.1) is 22.6 Å². The number of primary amides is 1. The van der Waals surface area contributed by atoms with Crippen molar-refractivity contribution in [1.82, 2.24) is 24.9 Å². The average molecular weight is 567 g/mol. The maximum absolute atomic E-state index is 11.8. The summed E-state index contributed by atoms with van der Waals surface area (Å²) in [6.07, 6.45) is 10.0. The van der Waals surface area contributed by atoms with Crippen LogP contribution in [-0.2, 0) is 5.54 Å². The summed E-state index contributed by atoms with van der Waals surface area (Å²) in [5.41, 5.74) is 9.79. The van der Waals surface area contributed by atoms with Crippen molar-refractivity contribution in [1.29, 1.82) is 0 Å². The van der Waals surface area contributed by atoms with E-state index in [1.54, 1.807) is 19.2 Å². The summed E-state index contributed by atoms with van der Waals surface area (Å²) in [6, 6.07) is 23.8. The van der Waals surface area contributed by atoms with Crippen molar-refractivity contribution in [2.45, 2.75) is 63.3 Å². The van der Waals surface area contributed by atoms with Gasteiger partial charge in [0.1, 0.15) is 0 Å². The van der Waals surface area contributed by atoms with Gasteiger partial charge in [-0.25, -0.2) is 4.79 Å². The van der Waals surface area contributed by atoms with E-state index >= 15 is 0 Å². The van der Waals surface area contributed by atoms with Crippen molar-refractivity contribution in [3.63, 3.8) is 0 Å². The minimum Gasteiger partial charge on any atom is -0.476 e. The molecule has 1 aliphatic heterocycles. The molecule has 0 spiro atoms. The van der Waals surface area contributed by atoms with Gasteiger partial charge in [-0.05, 0) is 88.4 Å². The van der Waals surface area contributed by atoms with E-state index in [1.807, 2.05) is 36.4 Å². The molecule has 0 radical (unpaired) electrons. The highest BCUT2D eigenvalue weighted by molar-refractivity contribution is 5.94. The molecule has 0 atom stereocenters. The van der Waals surface area contributed by atoms with E-state index in [9.17, 15) is 9.59 Å². The Labute approximate surface area is 246 Å². The monoisotopic (exact) mass is 566 g/mol. The highest BCUT2D eigenvalue weighted by atomic mass is 16.4. The molecule has 9 heteroatoms. The molecule has 0 unspecified atom stereocenters. The van der Waals surface area contributed by atoms with Crippen LogP contribution in [0.25, 0.3) is 5.69 Å². The zero-order valence-electron chi connectivity index (χ0n) is 24.0. The standard InChI is InChI=1S/C23H29N3O.C10H9N3O2/c24-22(27)20-10-7-15-25-21(20)18-11-13-23(14-12-18,19-8-3-1-4-9-19)26-16-5-2-6-17-26;1-7-9(10(14)15)12-13(11-7)8-5-3-2-4-6-8/h1,3-4,7-10,15,18H,2,5-6,11-14,16-17H2,(H2,24,27);2-6H,1H3,(H,14,15). The molecule has 2 aliphatic rings. The fourth-order valence-electron chi connectivity index (χ4n) is 6.43. The summed E-state index contributed by atoms with van der Waals surface area (Å²) in [7, 11) is 0. The molecular formula is C33H38N6O3. The predicted molar refractivity (Wildman–Crippen MR) is 161 cm³/mol. The van der Waals surface area contributed by atoms with Crippen LogP contribution in [0.15, 0.2) is 79.0 Å². The van der Waals surface area contributed by atoms with Gasteiger partial charge in [0.2, 0.25) is 0 Å². The lowest BCUT2D eigenvalue weighted by Crippen LogP contribution is -2.50. The fourth-order valence-corrected chi connectivity index (χ4v) is 6.43. The molecule has 218 valence electrons. The van der Waals surface area contributed by atoms with Crippen LogP contribution in [-0.4, -0.2) is 55.0 Å². The first-order valence-corrected chi connectivity index (χ1v) is 14.7. The number of nitrogens with two attached hydrogens (primary N) is 1. The Morgan fingerprint density at radius 2 is 1.52 bits per heavy atom. The maximum atomic E-state index is 11.8. The number of hydrogen-bond donors (Lipinski definition) is 2. The number of aromatic carboxylic acids is 1. The van der Waals surface area contributed by atoms with E-state index in [0.29, 0.717) is 17.2 Å². The lowest BCUT2D eigenvalue weighted by atomic mass is 9.70. The fraction of sp³-hybridized carbons (Fsp3) is 0.364. The van der Waals surface area contributed by atoms with Crippen LogP contribution >= 0.6 is 0 Å². The quantitative estimate of drug-likeness (QED) is 0.316. The molecule has 1 saturated carbocycles. The summed E-state index contributed by atoms with van der Waals surface area (Å²) >= 11 is 0. The first kappa shape index (κ1) is 29.1. The second-order valence-electron chi connectivity index (χ2n) is 11.1. The third kappa shape index (κ3) is 6.26. The number of carbonyl (C=O) groups is 2. The highest BCUT2D eigenvalue weighted by Gasteiger charge is 2.42. The predicted octanol–water partition coefficient (Wildman–Crippen LogP) is 5.49. The van der Waals surface area contributed by atoms with Crippen molar-refractivity contribution >= 4 is 11.9 Å². The second kappa shape index (κ2) is 13.1. The third-order valence-corrected chi connectivity index (χ3v) is 8.55. The zero-order valence-corrected chi connectivity index (χ0v) is 24.0. The van der Waals surface area contributed by atoms with Crippen LogP contribution < -0.4 is 5.73 Å². The van der Waals surface area contributed by atoms with Crippen molar-refractivity contribution in [3.05, 3.63) is 107 Å². The van der Waals surface area contributed by atoms with Gasteiger partial charge in [-0.2, -0.15) is 9.90 Å². The number of para-hydroxylation sites is 1. The molecule has 2 aromatic carbocycles. The van der Waals surface area contributed by atoms with E-state index in [1.165, 1.54) is 42.7 Å². The van der Waals surface area contributed by atoms with Gasteiger partial charge in [0, 0.05) is 17.7 Å². The largest absolute Gasteiger partial charge is 0.476 e. The van der Waals surface area contributed by atoms with Crippen LogP contribution in [0.3, 0.4) is 0 Å². The lowest BCUT2D eigenvalue weighted by molar-refractivity contribution is 0.0252. The first-order valence-electron chi connectivity index (χ1n) is 14.7. The number of aromatic nitrogens is 4. The minimum atomic E-state index is -1.06. The smallest absolute Gasteiger partial charge is 0.358 e. The average Bonchev–Trinajstić information content (AvgIpc) is 3.44. The van der Waals surface area contributed by atoms with Gasteiger partial charge in [-0.3, -0.25) is 14.7 Å². The Hall–Kier alpha value is -4.37. The second-order valence-corrected chi connectivity index (χ2v) is 11.1. The minimum absolute atomic E-state index is 0.0150. The number of pyridine rings is 1. The Morgan fingerprint density at radius 1 is 0.881 bits per heavy atom. The van der Waals surface area contributed by atoms with Gasteiger partial charge >= 0.3 is 5.97 Å². The molecule has 9 nitrogen and oxygen atoms in total. The van der Waals surface area contributed by atoms with Gasteiger partial charge in [-0.1, -0.05) is 55.0 Å². The van der Waals surface area contributed by atoms with Crippen molar-refractivity contribution in [2.75, 3.05) is 13.1 Å².